The number of benzene rings is 8. The monoisotopic (exact) mass is 586 g/mol. The van der Waals surface area contributed by atoms with Crippen LogP contribution in [-0.2, 0) is 0 Å². The summed E-state index contributed by atoms with van der Waals surface area (Å²) in [6, 6.07) is 56.2. The van der Waals surface area contributed by atoms with Crippen LogP contribution in [0.15, 0.2) is 167 Å². The maximum absolute atomic E-state index is 6.57. The van der Waals surface area contributed by atoms with Crippen molar-refractivity contribution in [1.29, 1.82) is 0 Å². The molecule has 0 aliphatic heterocycles. The van der Waals surface area contributed by atoms with Crippen molar-refractivity contribution in [2.45, 2.75) is 0 Å². The van der Waals surface area contributed by atoms with Gasteiger partial charge >= 0.3 is 0 Å². The number of para-hydroxylation sites is 1. The molecule has 0 bridgehead atoms. The molecular weight excluding hydrogens is 560 g/mol. The van der Waals surface area contributed by atoms with Crippen molar-refractivity contribution in [3.8, 4) is 33.4 Å². The molecule has 2 nitrogen and oxygen atoms in total. The molecular formula is C44H26O2. The van der Waals surface area contributed by atoms with Gasteiger partial charge in [-0.1, -0.05) is 127 Å². The maximum atomic E-state index is 6.57. The lowest BCUT2D eigenvalue weighted by Gasteiger charge is -2.19. The summed E-state index contributed by atoms with van der Waals surface area (Å²) < 4.78 is 12.7. The Hall–Kier alpha value is -6.12. The van der Waals surface area contributed by atoms with Gasteiger partial charge in [0.2, 0.25) is 0 Å². The summed E-state index contributed by atoms with van der Waals surface area (Å²) in [5.74, 6) is 0. The third kappa shape index (κ3) is 3.59. The topological polar surface area (TPSA) is 26.3 Å². The van der Waals surface area contributed by atoms with E-state index in [1.165, 1.54) is 54.9 Å². The molecule has 214 valence electrons. The molecule has 2 heterocycles. The van der Waals surface area contributed by atoms with Crippen LogP contribution in [0, 0.1) is 0 Å². The molecule has 0 atom stereocenters. The SMILES string of the molecule is c1ccc(-c2ccccc2-c2c3ccccc3c(-c3ccc4oc5c(ccc6oc7ccccc7c65)c4c3)c3ccccc23)cc1. The summed E-state index contributed by atoms with van der Waals surface area (Å²) >= 11 is 0. The zero-order valence-corrected chi connectivity index (χ0v) is 24.8. The summed E-state index contributed by atoms with van der Waals surface area (Å²) in [5, 5.41) is 9.24. The van der Waals surface area contributed by atoms with Gasteiger partial charge in [0.1, 0.15) is 22.3 Å². The van der Waals surface area contributed by atoms with E-state index in [1.54, 1.807) is 0 Å². The van der Waals surface area contributed by atoms with Crippen LogP contribution in [0.4, 0.5) is 0 Å². The second-order valence-electron chi connectivity index (χ2n) is 12.0. The minimum absolute atomic E-state index is 0.844. The number of rotatable bonds is 3. The predicted molar refractivity (Wildman–Crippen MR) is 192 cm³/mol. The second kappa shape index (κ2) is 9.69. The first-order chi connectivity index (χ1) is 22.8. The highest BCUT2D eigenvalue weighted by atomic mass is 16.3. The van der Waals surface area contributed by atoms with Gasteiger partial charge in [-0.25, -0.2) is 0 Å². The molecule has 0 aliphatic rings. The lowest BCUT2D eigenvalue weighted by Crippen LogP contribution is -1.92. The quantitative estimate of drug-likeness (QED) is 0.193. The Balaban J connectivity index is 1.27. The van der Waals surface area contributed by atoms with Gasteiger partial charge in [-0.15, -0.1) is 0 Å². The van der Waals surface area contributed by atoms with Gasteiger partial charge in [-0.2, -0.15) is 0 Å². The van der Waals surface area contributed by atoms with Crippen molar-refractivity contribution in [3.63, 3.8) is 0 Å². The van der Waals surface area contributed by atoms with E-state index in [4.69, 9.17) is 8.83 Å². The molecule has 0 amide bonds. The van der Waals surface area contributed by atoms with Crippen LogP contribution in [0.1, 0.15) is 0 Å². The molecule has 46 heavy (non-hydrogen) atoms. The summed E-state index contributed by atoms with van der Waals surface area (Å²) in [6.07, 6.45) is 0. The Morgan fingerprint density at radius 1 is 0.304 bits per heavy atom. The van der Waals surface area contributed by atoms with Crippen molar-refractivity contribution in [2.75, 3.05) is 0 Å². The van der Waals surface area contributed by atoms with Crippen molar-refractivity contribution >= 4 is 65.4 Å². The summed E-state index contributed by atoms with van der Waals surface area (Å²) in [4.78, 5) is 0. The molecule has 0 saturated heterocycles. The maximum Gasteiger partial charge on any atom is 0.147 e. The molecule has 2 aromatic heterocycles. The molecule has 0 aliphatic carbocycles. The lowest BCUT2D eigenvalue weighted by atomic mass is 9.83. The second-order valence-corrected chi connectivity index (χ2v) is 12.0. The average molecular weight is 587 g/mol. The third-order valence-corrected chi connectivity index (χ3v) is 9.48. The first-order valence-corrected chi connectivity index (χ1v) is 15.7. The van der Waals surface area contributed by atoms with Crippen LogP contribution >= 0.6 is 0 Å². The van der Waals surface area contributed by atoms with E-state index in [0.717, 1.165) is 43.9 Å². The fourth-order valence-corrected chi connectivity index (χ4v) is 7.50. The van der Waals surface area contributed by atoms with Gasteiger partial charge in [0.05, 0.1) is 5.39 Å². The largest absolute Gasteiger partial charge is 0.456 e. The van der Waals surface area contributed by atoms with E-state index in [9.17, 15) is 0 Å². The van der Waals surface area contributed by atoms with Crippen molar-refractivity contribution < 1.29 is 8.83 Å². The Bertz CT molecular complexity index is 2740. The fourth-order valence-electron chi connectivity index (χ4n) is 7.50. The first-order valence-electron chi connectivity index (χ1n) is 15.7. The molecule has 2 heteroatoms. The lowest BCUT2D eigenvalue weighted by molar-refractivity contribution is 0.663. The Labute approximate surface area is 264 Å². The number of hydrogen-bond donors (Lipinski definition) is 0. The van der Waals surface area contributed by atoms with Gasteiger partial charge in [0, 0.05) is 16.2 Å². The van der Waals surface area contributed by atoms with Gasteiger partial charge < -0.3 is 8.83 Å². The summed E-state index contributed by atoms with van der Waals surface area (Å²) in [5.41, 5.74) is 10.8. The first kappa shape index (κ1) is 25.2. The number of furan rings is 2. The fraction of sp³-hybridized carbons (Fsp3) is 0. The Morgan fingerprint density at radius 3 is 1.61 bits per heavy atom. The molecule has 0 fully saturated rings. The minimum atomic E-state index is 0.844. The van der Waals surface area contributed by atoms with Gasteiger partial charge in [0.25, 0.3) is 0 Å². The van der Waals surface area contributed by atoms with Gasteiger partial charge in [-0.05, 0) is 85.3 Å². The normalized spacial score (nSPS) is 11.9. The highest BCUT2D eigenvalue weighted by Crippen LogP contribution is 2.47. The zero-order valence-electron chi connectivity index (χ0n) is 24.8. The Kier molecular flexibility index (Phi) is 5.31. The van der Waals surface area contributed by atoms with Crippen molar-refractivity contribution in [3.05, 3.63) is 158 Å². The van der Waals surface area contributed by atoms with E-state index in [1.807, 2.05) is 12.1 Å². The van der Waals surface area contributed by atoms with Crippen molar-refractivity contribution in [2.24, 2.45) is 0 Å². The summed E-state index contributed by atoms with van der Waals surface area (Å²) in [6.45, 7) is 0. The van der Waals surface area contributed by atoms with E-state index in [-0.39, 0.29) is 0 Å². The smallest absolute Gasteiger partial charge is 0.147 e. The molecule has 0 unspecified atom stereocenters. The van der Waals surface area contributed by atoms with E-state index in [2.05, 4.69) is 146 Å². The minimum Gasteiger partial charge on any atom is -0.456 e. The van der Waals surface area contributed by atoms with Gasteiger partial charge in [0.15, 0.2) is 0 Å². The van der Waals surface area contributed by atoms with Crippen LogP contribution in [0.25, 0.3) is 98.8 Å². The van der Waals surface area contributed by atoms with Crippen LogP contribution < -0.4 is 0 Å². The van der Waals surface area contributed by atoms with Crippen molar-refractivity contribution in [1.82, 2.24) is 0 Å². The highest BCUT2D eigenvalue weighted by Gasteiger charge is 2.20. The van der Waals surface area contributed by atoms with Crippen LogP contribution in [0.5, 0.6) is 0 Å². The number of hydrogen-bond acceptors (Lipinski definition) is 2. The predicted octanol–water partition coefficient (Wildman–Crippen LogP) is 12.8. The molecule has 0 radical (unpaired) electrons. The molecule has 8 aromatic carbocycles. The Morgan fingerprint density at radius 2 is 0.870 bits per heavy atom. The molecule has 0 spiro atoms. The van der Waals surface area contributed by atoms with E-state index in [0.29, 0.717) is 0 Å². The van der Waals surface area contributed by atoms with Crippen LogP contribution in [0.3, 0.4) is 0 Å². The average Bonchev–Trinajstić information content (AvgIpc) is 3.69. The highest BCUT2D eigenvalue weighted by molar-refractivity contribution is 6.25. The molecule has 10 aromatic rings. The molecule has 0 N–H and O–H groups in total. The molecule has 10 rings (SSSR count). The third-order valence-electron chi connectivity index (χ3n) is 9.48. The zero-order chi connectivity index (χ0) is 30.2. The van der Waals surface area contributed by atoms with E-state index < -0.39 is 0 Å². The molecule has 0 saturated carbocycles. The summed E-state index contributed by atoms with van der Waals surface area (Å²) in [7, 11) is 0. The standard InChI is InChI=1S/C44H26O2/c1-2-12-27(13-3-1)29-14-4-5-15-30(29)42-33-18-8-6-16-31(33)41(32-17-7-9-19-34(32)42)28-22-24-39-37(26-28)35-23-25-40-43(44(35)46-39)36-20-10-11-21-38(36)45-40/h1-26H. The van der Waals surface area contributed by atoms with Gasteiger partial charge in [-0.3, -0.25) is 0 Å². The van der Waals surface area contributed by atoms with Crippen LogP contribution in [0.2, 0.25) is 0 Å². The van der Waals surface area contributed by atoms with E-state index >= 15 is 0 Å². The number of fused-ring (bicyclic) bond motifs is 9. The van der Waals surface area contributed by atoms with Crippen LogP contribution in [-0.4, -0.2) is 0 Å².